The van der Waals surface area contributed by atoms with Crippen molar-refractivity contribution in [2.45, 2.75) is 25.8 Å². The molecule has 0 aromatic rings. The molecule has 0 aromatic heterocycles. The van der Waals surface area contributed by atoms with Crippen molar-refractivity contribution in [2.75, 3.05) is 33.7 Å². The molecule has 16 heavy (non-hydrogen) atoms. The Morgan fingerprint density at radius 3 is 2.81 bits per heavy atom. The topological polar surface area (TPSA) is 35.6 Å². The van der Waals surface area contributed by atoms with Crippen LogP contribution in [0.25, 0.3) is 0 Å². The second-order valence-electron chi connectivity index (χ2n) is 4.68. The first kappa shape index (κ1) is 13.0. The first-order chi connectivity index (χ1) is 7.52. The van der Waals surface area contributed by atoms with E-state index in [2.05, 4.69) is 21.7 Å². The Kier molecular flexibility index (Phi) is 4.80. The highest BCUT2D eigenvalue weighted by Gasteiger charge is 2.29. The minimum absolute atomic E-state index is 0.000313. The Morgan fingerprint density at radius 2 is 2.25 bits per heavy atom. The molecule has 1 aliphatic rings. The van der Waals surface area contributed by atoms with Gasteiger partial charge in [-0.3, -0.25) is 4.79 Å². The largest absolute Gasteiger partial charge is 0.364 e. The highest BCUT2D eigenvalue weighted by atomic mass is 16.2. The van der Waals surface area contributed by atoms with Crippen LogP contribution in [0, 0.1) is 0 Å². The van der Waals surface area contributed by atoms with E-state index < -0.39 is 0 Å². The molecule has 4 heteroatoms. The predicted octanol–water partition coefficient (Wildman–Crippen LogP) is 0.662. The summed E-state index contributed by atoms with van der Waals surface area (Å²) < 4.78 is 0. The van der Waals surface area contributed by atoms with E-state index >= 15 is 0 Å². The quantitative estimate of drug-likeness (QED) is 0.746. The van der Waals surface area contributed by atoms with Gasteiger partial charge in [-0.15, -0.1) is 0 Å². The molecular formula is C12H23N3O. The third kappa shape index (κ3) is 3.52. The fraction of sp³-hybridized carbons (Fsp3) is 0.750. The third-order valence-corrected chi connectivity index (χ3v) is 2.90. The second-order valence-corrected chi connectivity index (χ2v) is 4.68. The van der Waals surface area contributed by atoms with E-state index in [4.69, 9.17) is 0 Å². The monoisotopic (exact) mass is 225 g/mol. The molecule has 0 spiro atoms. The number of hydrogen-bond acceptors (Lipinski definition) is 3. The summed E-state index contributed by atoms with van der Waals surface area (Å²) in [7, 11) is 4.00. The van der Waals surface area contributed by atoms with Crippen LogP contribution < -0.4 is 5.32 Å². The van der Waals surface area contributed by atoms with Crippen molar-refractivity contribution in [3.05, 3.63) is 12.3 Å². The number of nitrogens with zero attached hydrogens (tertiary/aromatic N) is 2. The number of rotatable bonds is 5. The van der Waals surface area contributed by atoms with Gasteiger partial charge in [-0.1, -0.05) is 6.58 Å². The summed E-state index contributed by atoms with van der Waals surface area (Å²) in [4.78, 5) is 16.1. The van der Waals surface area contributed by atoms with Gasteiger partial charge in [0.05, 0.1) is 0 Å². The number of nitrogens with one attached hydrogen (secondary N) is 1. The van der Waals surface area contributed by atoms with Crippen LogP contribution in [0.5, 0.6) is 0 Å². The van der Waals surface area contributed by atoms with Crippen LogP contribution in [0.15, 0.2) is 12.3 Å². The van der Waals surface area contributed by atoms with Gasteiger partial charge in [-0.2, -0.15) is 0 Å². The molecular weight excluding hydrogens is 202 g/mol. The first-order valence-electron chi connectivity index (χ1n) is 5.87. The zero-order valence-electron chi connectivity index (χ0n) is 10.6. The number of allylic oxidation sites excluding steroid dienone is 1. The highest BCUT2D eigenvalue weighted by Crippen LogP contribution is 2.20. The summed E-state index contributed by atoms with van der Waals surface area (Å²) in [5.74, 6) is 0.141. The van der Waals surface area contributed by atoms with Gasteiger partial charge < -0.3 is 15.1 Å². The van der Waals surface area contributed by atoms with Gasteiger partial charge in [0.1, 0.15) is 6.04 Å². The maximum absolute atomic E-state index is 11.9. The summed E-state index contributed by atoms with van der Waals surface area (Å²) in [6.07, 6.45) is 2.03. The van der Waals surface area contributed by atoms with Crippen LogP contribution >= 0.6 is 0 Å². The fourth-order valence-corrected chi connectivity index (χ4v) is 2.02. The van der Waals surface area contributed by atoms with Crippen LogP contribution in [-0.4, -0.2) is 55.5 Å². The van der Waals surface area contributed by atoms with Gasteiger partial charge in [0.25, 0.3) is 0 Å². The summed E-state index contributed by atoms with van der Waals surface area (Å²) >= 11 is 0. The zero-order chi connectivity index (χ0) is 12.1. The van der Waals surface area contributed by atoms with Crippen molar-refractivity contribution in [2.24, 2.45) is 0 Å². The van der Waals surface area contributed by atoms with Gasteiger partial charge in [0.2, 0.25) is 5.91 Å². The number of carbonyl (C=O) groups excluding carboxylic acids is 1. The molecule has 1 heterocycles. The molecule has 0 aliphatic carbocycles. The van der Waals surface area contributed by atoms with E-state index in [0.29, 0.717) is 6.54 Å². The fourth-order valence-electron chi connectivity index (χ4n) is 2.02. The average molecular weight is 225 g/mol. The van der Waals surface area contributed by atoms with Crippen molar-refractivity contribution in [1.29, 1.82) is 0 Å². The number of amides is 1. The molecule has 92 valence electrons. The normalized spacial score (nSPS) is 20.2. The number of hydrogen-bond donors (Lipinski definition) is 1. The average Bonchev–Trinajstić information content (AvgIpc) is 2.65. The van der Waals surface area contributed by atoms with E-state index in [9.17, 15) is 4.79 Å². The van der Waals surface area contributed by atoms with E-state index in [0.717, 1.165) is 31.6 Å². The van der Waals surface area contributed by atoms with Gasteiger partial charge in [0, 0.05) is 25.3 Å². The number of likely N-dealkylation sites (tertiary alicyclic amines) is 1. The minimum Gasteiger partial charge on any atom is -0.364 e. The van der Waals surface area contributed by atoms with Crippen LogP contribution in [0.1, 0.15) is 19.8 Å². The van der Waals surface area contributed by atoms with E-state index in [1.54, 1.807) is 0 Å². The molecule has 0 bridgehead atoms. The molecule has 1 unspecified atom stereocenters. The van der Waals surface area contributed by atoms with Crippen LogP contribution in [0.2, 0.25) is 0 Å². The number of likely N-dealkylation sites (N-methyl/N-ethyl adjacent to an activating group) is 1. The minimum atomic E-state index is -0.000313. The lowest BCUT2D eigenvalue weighted by molar-refractivity contribution is -0.124. The first-order valence-corrected chi connectivity index (χ1v) is 5.87. The summed E-state index contributed by atoms with van der Waals surface area (Å²) in [6, 6.07) is -0.000313. The lowest BCUT2D eigenvalue weighted by Crippen LogP contribution is -2.44. The molecule has 1 saturated heterocycles. The van der Waals surface area contributed by atoms with Gasteiger partial charge in [0.15, 0.2) is 0 Å². The second kappa shape index (κ2) is 5.89. The Bertz CT molecular complexity index is 263. The smallest absolute Gasteiger partial charge is 0.242 e. The molecule has 0 aromatic carbocycles. The Hall–Kier alpha value is -1.03. The summed E-state index contributed by atoms with van der Waals surface area (Å²) in [5.41, 5.74) is 0.991. The lowest BCUT2D eigenvalue weighted by atomic mass is 10.2. The number of carbonyl (C=O) groups is 1. The van der Waals surface area contributed by atoms with Gasteiger partial charge in [-0.25, -0.2) is 0 Å². The molecule has 1 aliphatic heterocycles. The SMILES string of the molecule is C=C(C)N1CCCC1C(=O)NCCN(C)C. The molecule has 1 amide bonds. The van der Waals surface area contributed by atoms with Crippen LogP contribution in [0.3, 0.4) is 0 Å². The maximum atomic E-state index is 11.9. The van der Waals surface area contributed by atoms with Gasteiger partial charge >= 0.3 is 0 Å². The van der Waals surface area contributed by atoms with Crippen LogP contribution in [-0.2, 0) is 4.79 Å². The molecule has 0 saturated carbocycles. The summed E-state index contributed by atoms with van der Waals surface area (Å²) in [5, 5.41) is 2.98. The summed E-state index contributed by atoms with van der Waals surface area (Å²) in [6.45, 7) is 8.43. The van der Waals surface area contributed by atoms with Crippen molar-refractivity contribution >= 4 is 5.91 Å². The maximum Gasteiger partial charge on any atom is 0.242 e. The zero-order valence-corrected chi connectivity index (χ0v) is 10.6. The van der Waals surface area contributed by atoms with E-state index in [1.165, 1.54) is 0 Å². The predicted molar refractivity (Wildman–Crippen MR) is 66.1 cm³/mol. The molecule has 1 rings (SSSR count). The molecule has 1 fully saturated rings. The van der Waals surface area contributed by atoms with Crippen molar-refractivity contribution < 1.29 is 4.79 Å². The highest BCUT2D eigenvalue weighted by molar-refractivity contribution is 5.82. The van der Waals surface area contributed by atoms with Crippen molar-refractivity contribution in [1.82, 2.24) is 15.1 Å². The Morgan fingerprint density at radius 1 is 1.56 bits per heavy atom. The lowest BCUT2D eigenvalue weighted by Gasteiger charge is -2.26. The standard InChI is InChI=1S/C12H23N3O/c1-10(2)15-8-5-6-11(15)12(16)13-7-9-14(3)4/h11H,1,5-9H2,2-4H3,(H,13,16). The van der Waals surface area contributed by atoms with Crippen LogP contribution in [0.4, 0.5) is 0 Å². The Balaban J connectivity index is 2.38. The van der Waals surface area contributed by atoms with E-state index in [1.807, 2.05) is 21.0 Å². The molecule has 4 nitrogen and oxygen atoms in total. The molecule has 1 atom stereocenters. The Labute approximate surface area is 98.3 Å². The van der Waals surface area contributed by atoms with Gasteiger partial charge in [-0.05, 0) is 33.9 Å². The van der Waals surface area contributed by atoms with Crippen molar-refractivity contribution in [3.63, 3.8) is 0 Å². The molecule has 0 radical (unpaired) electrons. The third-order valence-electron chi connectivity index (χ3n) is 2.90. The van der Waals surface area contributed by atoms with E-state index in [-0.39, 0.29) is 11.9 Å². The molecule has 1 N–H and O–H groups in total. The van der Waals surface area contributed by atoms with Crippen molar-refractivity contribution in [3.8, 4) is 0 Å².